The maximum atomic E-state index is 11.1. The molecule has 6 aromatic carbocycles. The Morgan fingerprint density at radius 3 is 2.15 bits per heavy atom. The molecule has 0 saturated heterocycles. The molecule has 0 unspecified atom stereocenters. The molecule has 3 heterocycles. The van der Waals surface area contributed by atoms with Crippen LogP contribution in [0.3, 0.4) is 0 Å². The van der Waals surface area contributed by atoms with Gasteiger partial charge >= 0.3 is 0 Å². The van der Waals surface area contributed by atoms with Gasteiger partial charge in [0, 0.05) is 16.8 Å². The fourth-order valence-corrected chi connectivity index (χ4v) is 6.53. The number of benzene rings is 6. The van der Waals surface area contributed by atoms with Crippen LogP contribution in [0.15, 0.2) is 158 Å². The maximum Gasteiger partial charge on any atom is 0.269 e. The number of anilines is 3. The number of rotatable bonds is 5. The van der Waals surface area contributed by atoms with E-state index < -0.39 is 0 Å². The number of phenolic OH excluding ortho intramolecular Hbond substituents is 1. The Morgan fingerprint density at radius 1 is 0.630 bits per heavy atom. The average molecular weight is 594 g/mol. The van der Waals surface area contributed by atoms with Crippen molar-refractivity contribution in [2.45, 2.75) is 0 Å². The number of pyridine rings is 1. The van der Waals surface area contributed by atoms with Crippen LogP contribution in [0.1, 0.15) is 0 Å². The minimum absolute atomic E-state index is 0.209. The lowest BCUT2D eigenvalue weighted by Gasteiger charge is -2.23. The number of hydrogen-bond donors (Lipinski definition) is 1. The highest BCUT2D eigenvalue weighted by Crippen LogP contribution is 2.39. The van der Waals surface area contributed by atoms with Gasteiger partial charge in [-0.1, -0.05) is 97.1 Å². The van der Waals surface area contributed by atoms with Crippen LogP contribution in [0, 0.1) is 6.33 Å². The van der Waals surface area contributed by atoms with Gasteiger partial charge in [0.2, 0.25) is 0 Å². The van der Waals surface area contributed by atoms with E-state index in [2.05, 4.69) is 116 Å². The minimum atomic E-state index is 0.209. The minimum Gasteiger partial charge on any atom is -0.507 e. The second kappa shape index (κ2) is 10.4. The van der Waals surface area contributed by atoms with E-state index in [0.29, 0.717) is 5.65 Å². The summed E-state index contributed by atoms with van der Waals surface area (Å²) in [6.45, 7) is 0. The highest BCUT2D eigenvalue weighted by Gasteiger charge is 2.21. The fourth-order valence-electron chi connectivity index (χ4n) is 6.53. The molecule has 9 rings (SSSR count). The van der Waals surface area contributed by atoms with Gasteiger partial charge in [-0.15, -0.1) is 0 Å². The topological polar surface area (TPSA) is 49.6 Å². The van der Waals surface area contributed by atoms with Crippen molar-refractivity contribution < 1.29 is 9.67 Å². The average Bonchev–Trinajstić information content (AvgIpc) is 3.72. The van der Waals surface area contributed by atoms with Crippen molar-refractivity contribution in [2.24, 2.45) is 0 Å². The molecule has 218 valence electrons. The smallest absolute Gasteiger partial charge is 0.269 e. The summed E-state index contributed by atoms with van der Waals surface area (Å²) < 4.78 is 6.29. The molecule has 46 heavy (non-hydrogen) atoms. The van der Waals surface area contributed by atoms with Crippen molar-refractivity contribution in [3.8, 4) is 17.1 Å². The van der Waals surface area contributed by atoms with Crippen molar-refractivity contribution in [1.82, 2.24) is 14.0 Å². The highest BCUT2D eigenvalue weighted by molar-refractivity contribution is 6.14. The maximum absolute atomic E-state index is 11.1. The summed E-state index contributed by atoms with van der Waals surface area (Å²) in [5.74, 6) is 0.949. The van der Waals surface area contributed by atoms with Gasteiger partial charge in [0.15, 0.2) is 11.5 Å². The Balaban J connectivity index is 1.27. The number of para-hydroxylation sites is 5. The van der Waals surface area contributed by atoms with Crippen molar-refractivity contribution in [1.29, 1.82) is 0 Å². The van der Waals surface area contributed by atoms with Crippen LogP contribution in [0.5, 0.6) is 5.75 Å². The molecule has 6 nitrogen and oxygen atoms in total. The first-order valence-corrected chi connectivity index (χ1v) is 15.2. The molecule has 0 radical (unpaired) electrons. The Labute approximate surface area is 264 Å². The summed E-state index contributed by atoms with van der Waals surface area (Å²) in [6, 6.07) is 51.3. The Kier molecular flexibility index (Phi) is 5.86. The first-order valence-electron chi connectivity index (χ1n) is 15.2. The number of aromatic nitrogens is 4. The van der Waals surface area contributed by atoms with E-state index >= 15 is 0 Å². The molecule has 3 aromatic heterocycles. The number of aromatic hydroxyl groups is 1. The number of nitrogens with zero attached hydrogens (tertiary/aromatic N) is 5. The van der Waals surface area contributed by atoms with E-state index in [1.165, 1.54) is 0 Å². The molecular formula is C40H27N5O. The predicted molar refractivity (Wildman–Crippen MR) is 184 cm³/mol. The normalized spacial score (nSPS) is 11.6. The van der Waals surface area contributed by atoms with E-state index in [9.17, 15) is 5.11 Å². The van der Waals surface area contributed by atoms with Gasteiger partial charge in [0.25, 0.3) is 6.33 Å². The van der Waals surface area contributed by atoms with Crippen LogP contribution >= 0.6 is 0 Å². The fraction of sp³-hybridized carbons (Fsp3) is 0. The zero-order valence-corrected chi connectivity index (χ0v) is 24.7. The van der Waals surface area contributed by atoms with Crippen LogP contribution in [0.25, 0.3) is 49.7 Å². The predicted octanol–water partition coefficient (Wildman–Crippen LogP) is 8.84. The number of imidazole rings is 2. The molecule has 6 heteroatoms. The lowest BCUT2D eigenvalue weighted by molar-refractivity contribution is -0.572. The van der Waals surface area contributed by atoms with Gasteiger partial charge in [-0.05, 0) is 60.0 Å². The molecule has 9 aromatic rings. The molecular weight excluding hydrogens is 566 g/mol. The third kappa shape index (κ3) is 4.04. The number of fused-ring (bicyclic) bond motifs is 7. The first-order chi connectivity index (χ1) is 22.7. The second-order valence-electron chi connectivity index (χ2n) is 11.3. The Bertz CT molecular complexity index is 2550. The molecule has 0 atom stereocenters. The molecule has 0 saturated carbocycles. The number of phenols is 1. The second-order valence-corrected chi connectivity index (χ2v) is 11.3. The Hall–Kier alpha value is -6.40. The third-order valence-corrected chi connectivity index (χ3v) is 8.58. The van der Waals surface area contributed by atoms with Crippen molar-refractivity contribution >= 4 is 55.5 Å². The van der Waals surface area contributed by atoms with Gasteiger partial charge in [0.1, 0.15) is 5.75 Å². The van der Waals surface area contributed by atoms with Crippen LogP contribution in [-0.4, -0.2) is 19.1 Å². The van der Waals surface area contributed by atoms with Gasteiger partial charge in [0.05, 0.1) is 39.5 Å². The summed E-state index contributed by atoms with van der Waals surface area (Å²) in [5, 5.41) is 13.8. The largest absolute Gasteiger partial charge is 0.507 e. The molecule has 0 bridgehead atoms. The molecule has 0 amide bonds. The van der Waals surface area contributed by atoms with E-state index in [1.54, 1.807) is 6.07 Å². The van der Waals surface area contributed by atoms with Crippen LogP contribution in [0.2, 0.25) is 0 Å². The molecule has 0 fully saturated rings. The molecule has 0 aliphatic heterocycles. The van der Waals surface area contributed by atoms with Gasteiger partial charge < -0.3 is 5.11 Å². The third-order valence-electron chi connectivity index (χ3n) is 8.58. The first kappa shape index (κ1) is 26.0. The van der Waals surface area contributed by atoms with Gasteiger partial charge in [-0.25, -0.2) is 4.98 Å². The van der Waals surface area contributed by atoms with Gasteiger partial charge in [-0.3, -0.25) is 18.4 Å². The summed E-state index contributed by atoms with van der Waals surface area (Å²) in [5.41, 5.74) is 7.79. The zero-order valence-electron chi connectivity index (χ0n) is 24.7. The summed E-state index contributed by atoms with van der Waals surface area (Å²) in [6.07, 6.45) is 5.66. The van der Waals surface area contributed by atoms with E-state index in [4.69, 9.17) is 4.98 Å². The monoisotopic (exact) mass is 593 g/mol. The summed E-state index contributed by atoms with van der Waals surface area (Å²) >= 11 is 0. The van der Waals surface area contributed by atoms with Crippen molar-refractivity contribution in [2.75, 3.05) is 4.90 Å². The standard InChI is InChI=1S/C40H27N5O/c46-37-24-12-20-33-32-19-7-8-21-34(32)42-26-38(41-40(42)39(33)37)45(29-15-5-2-6-16-29)31-18-11-17-30(25-31)44-27-43(28-13-3-1-4-14-28)35-22-9-10-23-36(35)44/h1-26,46H. The summed E-state index contributed by atoms with van der Waals surface area (Å²) in [4.78, 5) is 7.37. The van der Waals surface area contributed by atoms with Crippen LogP contribution in [0.4, 0.5) is 17.2 Å². The zero-order chi connectivity index (χ0) is 30.6. The van der Waals surface area contributed by atoms with Crippen LogP contribution in [-0.2, 0) is 0 Å². The SMILES string of the molecule is Oc1cccc2c3ccccc3n3cc(N(c4ccccc4)c4cccc(-n5[c-][n+](-c6ccccc6)c6ccccc65)c4)nc3c12. The molecule has 0 spiro atoms. The molecule has 0 aliphatic carbocycles. The quantitative estimate of drug-likeness (QED) is 0.123. The van der Waals surface area contributed by atoms with Gasteiger partial charge in [-0.2, -0.15) is 0 Å². The van der Waals surface area contributed by atoms with Crippen molar-refractivity contribution in [3.05, 3.63) is 164 Å². The van der Waals surface area contributed by atoms with E-state index in [-0.39, 0.29) is 5.75 Å². The highest BCUT2D eigenvalue weighted by atomic mass is 16.3. The lowest BCUT2D eigenvalue weighted by Crippen LogP contribution is -2.29. The van der Waals surface area contributed by atoms with E-state index in [1.807, 2.05) is 60.7 Å². The van der Waals surface area contributed by atoms with Crippen LogP contribution < -0.4 is 9.47 Å². The molecule has 0 aliphatic rings. The Morgan fingerprint density at radius 2 is 1.30 bits per heavy atom. The lowest BCUT2D eigenvalue weighted by atomic mass is 10.1. The number of hydrogen-bond acceptors (Lipinski definition) is 3. The van der Waals surface area contributed by atoms with Crippen molar-refractivity contribution in [3.63, 3.8) is 0 Å². The van der Waals surface area contributed by atoms with E-state index in [0.717, 1.165) is 61.3 Å². The molecule has 1 N–H and O–H groups in total. The summed E-state index contributed by atoms with van der Waals surface area (Å²) in [7, 11) is 0.